The lowest BCUT2D eigenvalue weighted by Crippen LogP contribution is -2.38. The second-order valence-corrected chi connectivity index (χ2v) is 10.5. The normalized spacial score (nSPS) is 14.7. The molecule has 1 amide bonds. The summed E-state index contributed by atoms with van der Waals surface area (Å²) < 4.78 is 33.1. The summed E-state index contributed by atoms with van der Waals surface area (Å²) in [5, 5.41) is 3.03. The van der Waals surface area contributed by atoms with Crippen LogP contribution in [-0.4, -0.2) is 49.3 Å². The van der Waals surface area contributed by atoms with E-state index in [-0.39, 0.29) is 22.2 Å². The van der Waals surface area contributed by atoms with Gasteiger partial charge in [0.25, 0.3) is 5.91 Å². The van der Waals surface area contributed by atoms with Crippen LogP contribution in [0.4, 0.5) is 5.69 Å². The van der Waals surface area contributed by atoms with E-state index in [0.29, 0.717) is 10.9 Å². The molecule has 0 saturated heterocycles. The lowest BCUT2D eigenvalue weighted by molar-refractivity contribution is -0.119. The van der Waals surface area contributed by atoms with Crippen LogP contribution in [0.15, 0.2) is 64.3 Å². The Morgan fingerprint density at radius 2 is 1.74 bits per heavy atom. The van der Waals surface area contributed by atoms with Gasteiger partial charge in [-0.2, -0.15) is 4.31 Å². The minimum Gasteiger partial charge on any atom is -0.452 e. The Labute approximate surface area is 203 Å². The maximum atomic E-state index is 13.3. The molecule has 2 N–H and O–H groups in total. The molecule has 0 unspecified atom stereocenters. The molecule has 35 heavy (non-hydrogen) atoms. The number of carbonyl (C=O) groups excluding carboxylic acids is 2. The zero-order valence-electron chi connectivity index (χ0n) is 19.3. The first-order valence-electron chi connectivity index (χ1n) is 11.4. The van der Waals surface area contributed by atoms with Gasteiger partial charge in [0, 0.05) is 30.1 Å². The Morgan fingerprint density at radius 1 is 1.06 bits per heavy atom. The van der Waals surface area contributed by atoms with Crippen molar-refractivity contribution in [1.82, 2.24) is 9.29 Å². The molecule has 184 valence electrons. The quantitative estimate of drug-likeness (QED) is 0.483. The van der Waals surface area contributed by atoms with Gasteiger partial charge in [0.05, 0.1) is 11.3 Å². The Kier molecular flexibility index (Phi) is 7.32. The number of pyridine rings is 1. The third-order valence-corrected chi connectivity index (χ3v) is 8.18. The first-order chi connectivity index (χ1) is 16.8. The van der Waals surface area contributed by atoms with Gasteiger partial charge in [0.15, 0.2) is 6.61 Å². The number of carbonyl (C=O) groups is 2. The van der Waals surface area contributed by atoms with Crippen molar-refractivity contribution >= 4 is 38.5 Å². The number of H-pyrrole nitrogens is 1. The number of benzene rings is 2. The van der Waals surface area contributed by atoms with E-state index < -0.39 is 34.1 Å². The molecule has 0 atom stereocenters. The minimum atomic E-state index is -3.85. The lowest BCUT2D eigenvalue weighted by atomic mass is 9.96. The SMILES string of the molecule is CN(C1CCCCC1)S(=O)(=O)c1ccccc1NC(=O)COC(=O)c1cc(=O)[nH]c2ccccc12. The zero-order valence-corrected chi connectivity index (χ0v) is 20.1. The number of rotatable bonds is 7. The first-order valence-corrected chi connectivity index (χ1v) is 12.9. The Balaban J connectivity index is 1.47. The van der Waals surface area contributed by atoms with E-state index in [1.54, 1.807) is 43.4 Å². The Bertz CT molecular complexity index is 1410. The van der Waals surface area contributed by atoms with E-state index in [9.17, 15) is 22.8 Å². The van der Waals surface area contributed by atoms with E-state index in [4.69, 9.17) is 4.74 Å². The molecule has 0 aliphatic heterocycles. The number of nitrogens with one attached hydrogen (secondary N) is 2. The average Bonchev–Trinajstić information content (AvgIpc) is 2.87. The van der Waals surface area contributed by atoms with Gasteiger partial charge >= 0.3 is 5.97 Å². The number of para-hydroxylation sites is 2. The smallest absolute Gasteiger partial charge is 0.339 e. The molecule has 2 aromatic carbocycles. The van der Waals surface area contributed by atoms with Gasteiger partial charge in [0.1, 0.15) is 4.90 Å². The third-order valence-electron chi connectivity index (χ3n) is 6.21. The summed E-state index contributed by atoms with van der Waals surface area (Å²) in [7, 11) is -2.28. The maximum Gasteiger partial charge on any atom is 0.339 e. The molecular formula is C25H27N3O6S. The predicted molar refractivity (Wildman–Crippen MR) is 132 cm³/mol. The molecule has 1 aliphatic rings. The molecular weight excluding hydrogens is 470 g/mol. The fraction of sp³-hybridized carbons (Fsp3) is 0.320. The monoisotopic (exact) mass is 497 g/mol. The number of ether oxygens (including phenoxy) is 1. The number of sulfonamides is 1. The molecule has 1 saturated carbocycles. The molecule has 1 heterocycles. The van der Waals surface area contributed by atoms with Crippen LogP contribution in [0.3, 0.4) is 0 Å². The summed E-state index contributed by atoms with van der Waals surface area (Å²) in [6.45, 7) is -0.646. The highest BCUT2D eigenvalue weighted by Gasteiger charge is 2.31. The summed E-state index contributed by atoms with van der Waals surface area (Å²) >= 11 is 0. The molecule has 0 bridgehead atoms. The van der Waals surface area contributed by atoms with E-state index in [2.05, 4.69) is 10.3 Å². The molecule has 0 radical (unpaired) electrons. The number of aromatic amines is 1. The third kappa shape index (κ3) is 5.44. The van der Waals surface area contributed by atoms with Gasteiger partial charge in [0.2, 0.25) is 15.6 Å². The number of hydrogen-bond donors (Lipinski definition) is 2. The van der Waals surface area contributed by atoms with Crippen molar-refractivity contribution in [2.24, 2.45) is 0 Å². The topological polar surface area (TPSA) is 126 Å². The van der Waals surface area contributed by atoms with Crippen LogP contribution in [-0.2, 0) is 19.6 Å². The van der Waals surface area contributed by atoms with Crippen molar-refractivity contribution in [1.29, 1.82) is 0 Å². The second-order valence-electron chi connectivity index (χ2n) is 8.53. The number of anilines is 1. The van der Waals surface area contributed by atoms with Gasteiger partial charge in [-0.1, -0.05) is 49.6 Å². The number of amides is 1. The van der Waals surface area contributed by atoms with Crippen molar-refractivity contribution in [2.45, 2.75) is 43.0 Å². The number of esters is 1. The summed E-state index contributed by atoms with van der Waals surface area (Å²) in [4.78, 5) is 39.7. The van der Waals surface area contributed by atoms with E-state index >= 15 is 0 Å². The van der Waals surface area contributed by atoms with Crippen molar-refractivity contribution in [2.75, 3.05) is 19.0 Å². The minimum absolute atomic E-state index is 0.0201. The molecule has 1 aliphatic carbocycles. The number of nitrogens with zero attached hydrogens (tertiary/aromatic N) is 1. The van der Waals surface area contributed by atoms with Gasteiger partial charge < -0.3 is 15.0 Å². The molecule has 0 spiro atoms. The highest BCUT2D eigenvalue weighted by atomic mass is 32.2. The van der Waals surface area contributed by atoms with Crippen molar-refractivity contribution < 1.29 is 22.7 Å². The number of fused-ring (bicyclic) bond motifs is 1. The van der Waals surface area contributed by atoms with Gasteiger partial charge in [-0.3, -0.25) is 9.59 Å². The average molecular weight is 498 g/mol. The van der Waals surface area contributed by atoms with Gasteiger partial charge in [-0.25, -0.2) is 13.2 Å². The summed E-state index contributed by atoms with van der Waals surface area (Å²) in [5.74, 6) is -1.53. The maximum absolute atomic E-state index is 13.3. The molecule has 4 rings (SSSR count). The molecule has 1 fully saturated rings. The van der Waals surface area contributed by atoms with Crippen LogP contribution in [0.25, 0.3) is 10.9 Å². The van der Waals surface area contributed by atoms with Crippen LogP contribution >= 0.6 is 0 Å². The van der Waals surface area contributed by atoms with E-state index in [1.807, 2.05) is 0 Å². The lowest BCUT2D eigenvalue weighted by Gasteiger charge is -2.30. The Morgan fingerprint density at radius 3 is 2.51 bits per heavy atom. The van der Waals surface area contributed by atoms with E-state index in [0.717, 1.165) is 38.2 Å². The van der Waals surface area contributed by atoms with Crippen LogP contribution in [0.1, 0.15) is 42.5 Å². The highest BCUT2D eigenvalue weighted by molar-refractivity contribution is 7.89. The number of aromatic nitrogens is 1. The molecule has 3 aromatic rings. The number of hydrogen-bond acceptors (Lipinski definition) is 6. The Hall–Kier alpha value is -3.50. The standard InChI is InChI=1S/C25H27N3O6S/c1-28(17-9-3-2-4-10-17)35(32,33)22-14-8-7-13-21(22)27-24(30)16-34-25(31)19-15-23(29)26-20-12-6-5-11-18(19)20/h5-8,11-15,17H,2-4,9-10,16H2,1H3,(H,26,29)(H,27,30). The van der Waals surface area contributed by atoms with E-state index in [1.165, 1.54) is 16.4 Å². The predicted octanol–water partition coefficient (Wildman–Crippen LogP) is 3.28. The van der Waals surface area contributed by atoms with Crippen molar-refractivity contribution in [3.8, 4) is 0 Å². The second kappa shape index (κ2) is 10.4. The van der Waals surface area contributed by atoms with Crippen LogP contribution in [0.2, 0.25) is 0 Å². The van der Waals surface area contributed by atoms with Crippen LogP contribution in [0, 0.1) is 0 Å². The van der Waals surface area contributed by atoms with Crippen LogP contribution in [0.5, 0.6) is 0 Å². The van der Waals surface area contributed by atoms with Crippen molar-refractivity contribution in [3.63, 3.8) is 0 Å². The highest BCUT2D eigenvalue weighted by Crippen LogP contribution is 2.29. The van der Waals surface area contributed by atoms with Gasteiger partial charge in [-0.15, -0.1) is 0 Å². The summed E-state index contributed by atoms with van der Waals surface area (Å²) in [5.41, 5.74) is 0.144. The van der Waals surface area contributed by atoms with Crippen LogP contribution < -0.4 is 10.9 Å². The summed E-state index contributed by atoms with van der Waals surface area (Å²) in [6.07, 6.45) is 4.67. The van der Waals surface area contributed by atoms with Crippen molar-refractivity contribution in [3.05, 3.63) is 70.5 Å². The molecule has 10 heteroatoms. The first kappa shape index (κ1) is 24.6. The fourth-order valence-electron chi connectivity index (χ4n) is 4.36. The van der Waals surface area contributed by atoms with Gasteiger partial charge in [-0.05, 0) is 31.0 Å². The molecule has 1 aromatic heterocycles. The zero-order chi connectivity index (χ0) is 25.0. The molecule has 9 nitrogen and oxygen atoms in total. The fourth-order valence-corrected chi connectivity index (χ4v) is 5.92. The largest absolute Gasteiger partial charge is 0.452 e. The summed E-state index contributed by atoms with van der Waals surface area (Å²) in [6, 6.07) is 13.9.